The second-order valence-corrected chi connectivity index (χ2v) is 6.27. The van der Waals surface area contributed by atoms with Crippen molar-refractivity contribution in [3.05, 3.63) is 84.6 Å². The van der Waals surface area contributed by atoms with Crippen molar-refractivity contribution >= 4 is 22.3 Å². The highest BCUT2D eigenvalue weighted by Crippen LogP contribution is 2.28. The van der Waals surface area contributed by atoms with E-state index in [0.717, 1.165) is 22.0 Å². The lowest BCUT2D eigenvalue weighted by molar-refractivity contribution is 0.0922. The van der Waals surface area contributed by atoms with Crippen molar-refractivity contribution in [2.45, 2.75) is 6.54 Å². The first-order chi connectivity index (χ1) is 13.8. The van der Waals surface area contributed by atoms with Crippen LogP contribution in [0.25, 0.3) is 27.7 Å². The molecule has 0 saturated heterocycles. The van der Waals surface area contributed by atoms with E-state index < -0.39 is 0 Å². The molecule has 3 heterocycles. The molecule has 1 amide bonds. The van der Waals surface area contributed by atoms with E-state index >= 15 is 0 Å². The highest BCUT2D eigenvalue weighted by Gasteiger charge is 2.16. The number of rotatable bonds is 4. The summed E-state index contributed by atoms with van der Waals surface area (Å²) in [5.74, 6) is 0.473. The Bertz CT molecular complexity index is 1280. The molecule has 0 aliphatic rings. The number of fused-ring (bicyclic) bond motifs is 3. The Morgan fingerprint density at radius 3 is 2.50 bits per heavy atom. The van der Waals surface area contributed by atoms with Gasteiger partial charge in [-0.05, 0) is 12.1 Å². The number of nitrogens with zero attached hydrogens (tertiary/aromatic N) is 4. The zero-order chi connectivity index (χ0) is 18.9. The third-order valence-electron chi connectivity index (χ3n) is 4.53. The fraction of sp³-hybridized carbons (Fsp3) is 0.0476. The van der Waals surface area contributed by atoms with Gasteiger partial charge in [0.05, 0.1) is 18.5 Å². The van der Waals surface area contributed by atoms with Crippen molar-refractivity contribution in [3.8, 4) is 11.3 Å². The van der Waals surface area contributed by atoms with Crippen LogP contribution in [0.15, 0.2) is 77.4 Å². The van der Waals surface area contributed by atoms with Crippen molar-refractivity contribution in [1.29, 1.82) is 0 Å². The molecule has 28 heavy (non-hydrogen) atoms. The van der Waals surface area contributed by atoms with Crippen molar-refractivity contribution in [3.63, 3.8) is 0 Å². The molecular formula is C21H15N5O2. The standard InChI is InChI=1S/C21H15N5O2/c27-21(17-11-6-12-28-17)22-13-18-23-24-20-16-10-5-4-9-15(16)19(25-26(18)20)14-7-2-1-3-8-14/h1-12H,13H2,(H,22,27). The second-order valence-electron chi connectivity index (χ2n) is 6.27. The van der Waals surface area contributed by atoms with E-state index in [1.807, 2.05) is 54.6 Å². The number of aromatic nitrogens is 4. The van der Waals surface area contributed by atoms with Crippen molar-refractivity contribution in [2.24, 2.45) is 0 Å². The lowest BCUT2D eigenvalue weighted by atomic mass is 10.1. The molecule has 3 aromatic heterocycles. The number of carbonyl (C=O) groups excluding carboxylic acids is 1. The van der Waals surface area contributed by atoms with Gasteiger partial charge in [-0.25, -0.2) is 0 Å². The van der Waals surface area contributed by atoms with Crippen molar-refractivity contribution in [2.75, 3.05) is 0 Å². The molecule has 5 rings (SSSR count). The van der Waals surface area contributed by atoms with Gasteiger partial charge < -0.3 is 9.73 Å². The monoisotopic (exact) mass is 369 g/mol. The Morgan fingerprint density at radius 1 is 0.929 bits per heavy atom. The second kappa shape index (κ2) is 6.62. The third kappa shape index (κ3) is 2.69. The number of benzene rings is 2. The number of hydrogen-bond donors (Lipinski definition) is 1. The molecule has 0 aliphatic heterocycles. The van der Waals surface area contributed by atoms with E-state index in [-0.39, 0.29) is 18.2 Å². The van der Waals surface area contributed by atoms with Gasteiger partial charge in [0, 0.05) is 16.3 Å². The van der Waals surface area contributed by atoms with Crippen LogP contribution in [0.2, 0.25) is 0 Å². The van der Waals surface area contributed by atoms with Crippen LogP contribution in [-0.4, -0.2) is 25.7 Å². The summed E-state index contributed by atoms with van der Waals surface area (Å²) in [5, 5.41) is 18.1. The minimum absolute atomic E-state index is 0.181. The van der Waals surface area contributed by atoms with Crippen LogP contribution in [0.3, 0.4) is 0 Å². The zero-order valence-corrected chi connectivity index (χ0v) is 14.7. The third-order valence-corrected chi connectivity index (χ3v) is 4.53. The summed E-state index contributed by atoms with van der Waals surface area (Å²) < 4.78 is 6.80. The molecule has 2 aromatic carbocycles. The summed E-state index contributed by atoms with van der Waals surface area (Å²) >= 11 is 0. The fourth-order valence-electron chi connectivity index (χ4n) is 3.20. The van der Waals surface area contributed by atoms with Crippen molar-refractivity contribution in [1.82, 2.24) is 25.1 Å². The Morgan fingerprint density at radius 2 is 1.71 bits per heavy atom. The normalized spacial score (nSPS) is 11.1. The molecule has 0 bridgehead atoms. The van der Waals surface area contributed by atoms with E-state index in [4.69, 9.17) is 9.52 Å². The van der Waals surface area contributed by atoms with Gasteiger partial charge in [0.25, 0.3) is 5.91 Å². The summed E-state index contributed by atoms with van der Waals surface area (Å²) in [7, 11) is 0. The number of hydrogen-bond acceptors (Lipinski definition) is 5. The van der Waals surface area contributed by atoms with Gasteiger partial charge >= 0.3 is 0 Å². The molecule has 0 radical (unpaired) electrons. The average molecular weight is 369 g/mol. The maximum absolute atomic E-state index is 12.2. The fourth-order valence-corrected chi connectivity index (χ4v) is 3.20. The molecule has 0 saturated carbocycles. The highest BCUT2D eigenvalue weighted by molar-refractivity contribution is 6.01. The Balaban J connectivity index is 1.60. The lowest BCUT2D eigenvalue weighted by Gasteiger charge is -2.08. The van der Waals surface area contributed by atoms with Gasteiger partial charge in [0.1, 0.15) is 0 Å². The Labute approximate surface area is 159 Å². The van der Waals surface area contributed by atoms with E-state index in [1.54, 1.807) is 16.6 Å². The van der Waals surface area contributed by atoms with Crippen LogP contribution >= 0.6 is 0 Å². The first kappa shape index (κ1) is 16.2. The minimum Gasteiger partial charge on any atom is -0.459 e. The number of carbonyl (C=O) groups is 1. The van der Waals surface area contributed by atoms with Crippen LogP contribution in [-0.2, 0) is 6.54 Å². The molecule has 7 heteroatoms. The molecular weight excluding hydrogens is 354 g/mol. The van der Waals surface area contributed by atoms with Gasteiger partial charge in [-0.1, -0.05) is 54.6 Å². The van der Waals surface area contributed by atoms with E-state index in [2.05, 4.69) is 15.5 Å². The topological polar surface area (TPSA) is 85.3 Å². The van der Waals surface area contributed by atoms with E-state index in [0.29, 0.717) is 11.5 Å². The lowest BCUT2D eigenvalue weighted by Crippen LogP contribution is -2.23. The molecule has 0 spiro atoms. The van der Waals surface area contributed by atoms with Crippen LogP contribution < -0.4 is 5.32 Å². The maximum atomic E-state index is 12.2. The predicted molar refractivity (Wildman–Crippen MR) is 104 cm³/mol. The molecule has 5 aromatic rings. The van der Waals surface area contributed by atoms with Crippen molar-refractivity contribution < 1.29 is 9.21 Å². The number of furan rings is 1. The van der Waals surface area contributed by atoms with Crippen LogP contribution in [0, 0.1) is 0 Å². The summed E-state index contributed by atoms with van der Waals surface area (Å²) in [5.41, 5.74) is 2.49. The van der Waals surface area contributed by atoms with E-state index in [1.165, 1.54) is 6.26 Å². The van der Waals surface area contributed by atoms with Gasteiger partial charge in [0.15, 0.2) is 17.2 Å². The van der Waals surface area contributed by atoms with Gasteiger partial charge in [-0.15, -0.1) is 10.2 Å². The highest BCUT2D eigenvalue weighted by atomic mass is 16.3. The molecule has 1 N–H and O–H groups in total. The number of nitrogens with one attached hydrogen (secondary N) is 1. The Kier molecular flexibility index (Phi) is 3.83. The van der Waals surface area contributed by atoms with Crippen LogP contribution in [0.4, 0.5) is 0 Å². The first-order valence-electron chi connectivity index (χ1n) is 8.81. The summed E-state index contributed by atoms with van der Waals surface area (Å²) in [6, 6.07) is 21.2. The molecule has 0 fully saturated rings. The average Bonchev–Trinajstić information content (AvgIpc) is 3.42. The van der Waals surface area contributed by atoms with E-state index in [9.17, 15) is 4.79 Å². The largest absolute Gasteiger partial charge is 0.459 e. The number of amides is 1. The van der Waals surface area contributed by atoms with Gasteiger partial charge in [-0.3, -0.25) is 4.79 Å². The molecule has 0 atom stereocenters. The SMILES string of the molecule is O=C(NCc1nnc2c3ccccc3c(-c3ccccc3)nn12)c1ccco1. The van der Waals surface area contributed by atoms with Gasteiger partial charge in [0.2, 0.25) is 0 Å². The maximum Gasteiger partial charge on any atom is 0.287 e. The Hall–Kier alpha value is -4.00. The molecule has 0 aliphatic carbocycles. The summed E-state index contributed by atoms with van der Waals surface area (Å²) in [6.45, 7) is 0.181. The van der Waals surface area contributed by atoms with Crippen LogP contribution in [0.1, 0.15) is 16.4 Å². The summed E-state index contributed by atoms with van der Waals surface area (Å²) in [6.07, 6.45) is 1.46. The molecule has 0 unspecified atom stereocenters. The zero-order valence-electron chi connectivity index (χ0n) is 14.7. The first-order valence-corrected chi connectivity index (χ1v) is 8.81. The molecule has 136 valence electrons. The molecule has 7 nitrogen and oxygen atoms in total. The smallest absolute Gasteiger partial charge is 0.287 e. The summed E-state index contributed by atoms with van der Waals surface area (Å²) in [4.78, 5) is 12.2. The predicted octanol–water partition coefficient (Wildman–Crippen LogP) is 3.47. The quantitative estimate of drug-likeness (QED) is 0.524. The van der Waals surface area contributed by atoms with Crippen LogP contribution in [0.5, 0.6) is 0 Å². The minimum atomic E-state index is -0.314. The van der Waals surface area contributed by atoms with Gasteiger partial charge in [-0.2, -0.15) is 9.61 Å².